The van der Waals surface area contributed by atoms with Crippen LogP contribution in [0.4, 0.5) is 0 Å². The lowest BCUT2D eigenvalue weighted by Crippen LogP contribution is -2.52. The number of likely N-dealkylation sites (tertiary alicyclic amines) is 1. The van der Waals surface area contributed by atoms with Crippen LogP contribution in [0.5, 0.6) is 0 Å². The molecule has 1 saturated heterocycles. The van der Waals surface area contributed by atoms with Crippen LogP contribution in [0.15, 0.2) is 29.4 Å². The first-order valence-corrected chi connectivity index (χ1v) is 8.89. The molecular weight excluding hydrogens is 326 g/mol. The molecule has 1 aliphatic rings. The van der Waals surface area contributed by atoms with Crippen LogP contribution in [0.25, 0.3) is 11.0 Å². The zero-order valence-electron chi connectivity index (χ0n) is 14.1. The molecule has 0 unspecified atom stereocenters. The number of ether oxygens (including phenoxy) is 1. The number of carbonyl (C=O) groups excluding carboxylic acids is 2. The third-order valence-electron chi connectivity index (χ3n) is 4.64. The Hall–Kier alpha value is -2.02. The number of nitrogens with zero attached hydrogens (tertiary/aromatic N) is 3. The maximum atomic E-state index is 12.6. The van der Waals surface area contributed by atoms with Gasteiger partial charge in [0.2, 0.25) is 5.91 Å². The van der Waals surface area contributed by atoms with Crippen molar-refractivity contribution < 1.29 is 14.3 Å². The molecule has 1 aromatic carbocycles. The molecule has 0 radical (unpaired) electrons. The van der Waals surface area contributed by atoms with E-state index in [1.165, 1.54) is 18.9 Å². The first kappa shape index (κ1) is 16.8. The van der Waals surface area contributed by atoms with Gasteiger partial charge in [-0.1, -0.05) is 23.9 Å². The zero-order chi connectivity index (χ0) is 17.3. The van der Waals surface area contributed by atoms with Crippen molar-refractivity contribution in [3.05, 3.63) is 24.3 Å². The summed E-state index contributed by atoms with van der Waals surface area (Å²) < 4.78 is 6.87. The van der Waals surface area contributed by atoms with Crippen molar-refractivity contribution in [3.8, 4) is 0 Å². The Morgan fingerprint density at radius 2 is 2.12 bits per heavy atom. The molecule has 1 fully saturated rings. The molecule has 0 saturated carbocycles. The number of benzene rings is 1. The number of amides is 1. The Bertz CT molecular complexity index is 788. The first-order valence-electron chi connectivity index (χ1n) is 7.90. The smallest absolute Gasteiger partial charge is 0.331 e. The number of hydrogen-bond donors (Lipinski definition) is 0. The number of fused-ring (bicyclic) bond motifs is 1. The number of aryl methyl sites for hydroxylation is 1. The molecule has 6 nitrogen and oxygen atoms in total. The van der Waals surface area contributed by atoms with Crippen LogP contribution in [0.2, 0.25) is 0 Å². The third kappa shape index (κ3) is 2.77. The van der Waals surface area contributed by atoms with Crippen molar-refractivity contribution in [3.63, 3.8) is 0 Å². The van der Waals surface area contributed by atoms with Crippen LogP contribution < -0.4 is 0 Å². The van der Waals surface area contributed by atoms with E-state index in [2.05, 4.69) is 4.98 Å². The number of hydrogen-bond acceptors (Lipinski definition) is 5. The molecule has 128 valence electrons. The second kappa shape index (κ2) is 6.47. The van der Waals surface area contributed by atoms with Gasteiger partial charge in [-0.2, -0.15) is 0 Å². The van der Waals surface area contributed by atoms with Gasteiger partial charge in [-0.05, 0) is 31.9 Å². The predicted octanol–water partition coefficient (Wildman–Crippen LogP) is 2.22. The van der Waals surface area contributed by atoms with Crippen molar-refractivity contribution >= 4 is 34.7 Å². The van der Waals surface area contributed by atoms with Crippen molar-refractivity contribution in [2.45, 2.75) is 30.5 Å². The van der Waals surface area contributed by atoms with Gasteiger partial charge in [0.1, 0.15) is 5.54 Å². The molecule has 0 N–H and O–H groups in total. The second-order valence-corrected chi connectivity index (χ2v) is 7.09. The molecular formula is C17H21N3O3S. The molecule has 1 aliphatic heterocycles. The first-order chi connectivity index (χ1) is 11.5. The number of rotatable bonds is 4. The number of esters is 1. The summed E-state index contributed by atoms with van der Waals surface area (Å²) >= 11 is 1.40. The lowest BCUT2D eigenvalue weighted by molar-refractivity contribution is -0.157. The van der Waals surface area contributed by atoms with E-state index < -0.39 is 5.54 Å². The summed E-state index contributed by atoms with van der Waals surface area (Å²) in [4.78, 5) is 30.9. The zero-order valence-corrected chi connectivity index (χ0v) is 14.9. The lowest BCUT2D eigenvalue weighted by Gasteiger charge is -2.32. The minimum Gasteiger partial charge on any atom is -0.467 e. The molecule has 0 spiro atoms. The van der Waals surface area contributed by atoms with E-state index in [1.807, 2.05) is 35.9 Å². The number of para-hydroxylation sites is 2. The largest absolute Gasteiger partial charge is 0.467 e. The fourth-order valence-corrected chi connectivity index (χ4v) is 4.12. The Balaban J connectivity index is 1.73. The Morgan fingerprint density at radius 3 is 2.83 bits per heavy atom. The maximum absolute atomic E-state index is 12.6. The highest BCUT2D eigenvalue weighted by atomic mass is 32.2. The molecule has 1 aromatic heterocycles. The summed E-state index contributed by atoms with van der Waals surface area (Å²) in [6.07, 6.45) is 1.46. The van der Waals surface area contributed by atoms with Crippen molar-refractivity contribution in [1.29, 1.82) is 0 Å². The van der Waals surface area contributed by atoms with Crippen LogP contribution >= 0.6 is 11.8 Å². The SMILES string of the molecule is COC(=O)[C@]1(C)CCCN1C(=O)CSc1nc2ccccc2n1C. The van der Waals surface area contributed by atoms with E-state index in [0.717, 1.165) is 22.6 Å². The molecule has 2 heterocycles. The normalized spacial score (nSPS) is 20.5. The van der Waals surface area contributed by atoms with E-state index in [-0.39, 0.29) is 17.6 Å². The summed E-state index contributed by atoms with van der Waals surface area (Å²) in [7, 11) is 3.30. The number of methoxy groups -OCH3 is 1. The van der Waals surface area contributed by atoms with Gasteiger partial charge in [0.15, 0.2) is 5.16 Å². The number of imidazole rings is 1. The number of aromatic nitrogens is 2. The summed E-state index contributed by atoms with van der Waals surface area (Å²) in [6, 6.07) is 7.87. The lowest BCUT2D eigenvalue weighted by atomic mass is 9.99. The van der Waals surface area contributed by atoms with Gasteiger partial charge < -0.3 is 14.2 Å². The van der Waals surface area contributed by atoms with Gasteiger partial charge in [0.05, 0.1) is 23.9 Å². The van der Waals surface area contributed by atoms with Crippen LogP contribution in [0.1, 0.15) is 19.8 Å². The van der Waals surface area contributed by atoms with Crippen LogP contribution in [0.3, 0.4) is 0 Å². The Kier molecular flexibility index (Phi) is 4.54. The van der Waals surface area contributed by atoms with E-state index in [4.69, 9.17) is 4.74 Å². The minimum atomic E-state index is -0.848. The van der Waals surface area contributed by atoms with Crippen molar-refractivity contribution in [2.75, 3.05) is 19.4 Å². The highest BCUT2D eigenvalue weighted by Crippen LogP contribution is 2.31. The topological polar surface area (TPSA) is 64.4 Å². The summed E-state index contributed by atoms with van der Waals surface area (Å²) in [6.45, 7) is 2.37. The fraction of sp³-hybridized carbons (Fsp3) is 0.471. The molecule has 1 amide bonds. The quantitative estimate of drug-likeness (QED) is 0.627. The molecule has 3 rings (SSSR count). The maximum Gasteiger partial charge on any atom is 0.331 e. The number of carbonyl (C=O) groups is 2. The van der Waals surface area contributed by atoms with Gasteiger partial charge in [-0.25, -0.2) is 9.78 Å². The molecule has 2 aromatic rings. The Morgan fingerprint density at radius 1 is 1.38 bits per heavy atom. The summed E-state index contributed by atoms with van der Waals surface area (Å²) in [5.74, 6) is -0.150. The minimum absolute atomic E-state index is 0.0579. The Labute approximate surface area is 145 Å². The summed E-state index contributed by atoms with van der Waals surface area (Å²) in [5, 5.41) is 0.795. The molecule has 0 aliphatic carbocycles. The number of thioether (sulfide) groups is 1. The van der Waals surface area contributed by atoms with E-state index in [0.29, 0.717) is 13.0 Å². The van der Waals surface area contributed by atoms with Crippen LogP contribution in [0, 0.1) is 0 Å². The van der Waals surface area contributed by atoms with Gasteiger partial charge in [-0.3, -0.25) is 4.79 Å². The van der Waals surface area contributed by atoms with E-state index >= 15 is 0 Å². The van der Waals surface area contributed by atoms with Crippen LogP contribution in [-0.2, 0) is 21.4 Å². The van der Waals surface area contributed by atoms with Gasteiger partial charge >= 0.3 is 5.97 Å². The van der Waals surface area contributed by atoms with E-state index in [1.54, 1.807) is 11.8 Å². The second-order valence-electron chi connectivity index (χ2n) is 6.15. The highest BCUT2D eigenvalue weighted by Gasteiger charge is 2.46. The van der Waals surface area contributed by atoms with Gasteiger partial charge in [-0.15, -0.1) is 0 Å². The fourth-order valence-electron chi connectivity index (χ4n) is 3.25. The standard InChI is InChI=1S/C17H21N3O3S/c1-17(15(22)23-3)9-6-10-20(17)14(21)11-24-16-18-12-7-4-5-8-13(12)19(16)2/h4-5,7-8H,6,9-11H2,1-3H3/t17-/m0/s1. The average molecular weight is 347 g/mol. The predicted molar refractivity (Wildman–Crippen MR) is 92.8 cm³/mol. The molecule has 24 heavy (non-hydrogen) atoms. The monoisotopic (exact) mass is 347 g/mol. The van der Waals surface area contributed by atoms with Gasteiger partial charge in [0.25, 0.3) is 0 Å². The summed E-state index contributed by atoms with van der Waals surface area (Å²) in [5.41, 5.74) is 1.10. The molecule has 0 bridgehead atoms. The molecule has 7 heteroatoms. The van der Waals surface area contributed by atoms with Crippen LogP contribution in [-0.4, -0.2) is 51.3 Å². The molecule has 1 atom stereocenters. The van der Waals surface area contributed by atoms with Gasteiger partial charge in [0, 0.05) is 13.6 Å². The average Bonchev–Trinajstić information content (AvgIpc) is 3.14. The third-order valence-corrected chi connectivity index (χ3v) is 5.65. The van der Waals surface area contributed by atoms with Crippen molar-refractivity contribution in [2.24, 2.45) is 7.05 Å². The highest BCUT2D eigenvalue weighted by molar-refractivity contribution is 7.99. The van der Waals surface area contributed by atoms with Crippen molar-refractivity contribution in [1.82, 2.24) is 14.5 Å². The van der Waals surface area contributed by atoms with E-state index in [9.17, 15) is 9.59 Å².